The molecule has 0 spiro atoms. The quantitative estimate of drug-likeness (QED) is 0.277. The number of fused-ring (bicyclic) bond motifs is 2. The van der Waals surface area contributed by atoms with E-state index in [1.165, 1.54) is 10.7 Å². The number of nitro groups is 1. The van der Waals surface area contributed by atoms with Crippen molar-refractivity contribution in [2.75, 3.05) is 11.9 Å². The molecule has 1 N–H and O–H groups in total. The van der Waals surface area contributed by atoms with Gasteiger partial charge in [0.2, 0.25) is 5.91 Å². The fraction of sp³-hybridized carbons (Fsp3) is 0.0870. The molecule has 0 unspecified atom stereocenters. The summed E-state index contributed by atoms with van der Waals surface area (Å²) >= 11 is 0. The maximum absolute atomic E-state index is 12.8. The number of anilines is 1. The van der Waals surface area contributed by atoms with Gasteiger partial charge in [0.05, 0.1) is 27.3 Å². The van der Waals surface area contributed by atoms with Crippen LogP contribution in [0.3, 0.4) is 0 Å². The number of nitrogens with one attached hydrogen (secondary N) is 1. The third-order valence-electron chi connectivity index (χ3n) is 5.37. The number of carbonyl (C=O) groups excluding carboxylic acids is 3. The van der Waals surface area contributed by atoms with Crippen molar-refractivity contribution in [3.05, 3.63) is 87.6 Å². The average Bonchev–Trinajstić information content (AvgIpc) is 3.30. The Morgan fingerprint density at radius 1 is 1.03 bits per heavy atom. The highest BCUT2D eigenvalue weighted by Crippen LogP contribution is 2.27. The van der Waals surface area contributed by atoms with Crippen molar-refractivity contribution in [2.45, 2.75) is 6.92 Å². The summed E-state index contributed by atoms with van der Waals surface area (Å²) in [6.45, 7) is 1.19. The lowest BCUT2D eigenvalue weighted by Gasteiger charge is -2.14. The Labute approximate surface area is 191 Å². The Balaban J connectivity index is 1.38. The number of benzene rings is 2. The van der Waals surface area contributed by atoms with Gasteiger partial charge in [0, 0.05) is 23.6 Å². The van der Waals surface area contributed by atoms with E-state index < -0.39 is 29.2 Å². The molecule has 0 saturated carbocycles. The zero-order valence-corrected chi connectivity index (χ0v) is 17.8. The molecule has 34 heavy (non-hydrogen) atoms. The molecular weight excluding hydrogens is 440 g/mol. The highest BCUT2D eigenvalue weighted by molar-refractivity contribution is 6.23. The molecule has 0 aliphatic carbocycles. The number of non-ortho nitro benzene ring substituents is 1. The minimum atomic E-state index is -0.764. The first-order chi connectivity index (χ1) is 16.3. The van der Waals surface area contributed by atoms with Crippen LogP contribution >= 0.6 is 0 Å². The first kappa shape index (κ1) is 20.9. The fourth-order valence-electron chi connectivity index (χ4n) is 3.80. The fourth-order valence-corrected chi connectivity index (χ4v) is 3.80. The van der Waals surface area contributed by atoms with Gasteiger partial charge in [-0.15, -0.1) is 0 Å². The van der Waals surface area contributed by atoms with E-state index in [0.717, 1.165) is 27.9 Å². The summed E-state index contributed by atoms with van der Waals surface area (Å²) < 4.78 is 1.46. The summed E-state index contributed by atoms with van der Waals surface area (Å²) in [6, 6.07) is 16.3. The Morgan fingerprint density at radius 2 is 1.79 bits per heavy atom. The average molecular weight is 456 g/mol. The number of aromatic nitrogens is 3. The number of aryl methyl sites for hydroxylation is 1. The number of carbonyl (C=O) groups is 3. The molecule has 4 aromatic rings. The molecule has 3 amide bonds. The second kappa shape index (κ2) is 7.89. The van der Waals surface area contributed by atoms with Crippen LogP contribution in [0.2, 0.25) is 0 Å². The van der Waals surface area contributed by atoms with Crippen molar-refractivity contribution in [3.63, 3.8) is 0 Å². The van der Waals surface area contributed by atoms with Gasteiger partial charge >= 0.3 is 0 Å². The zero-order chi connectivity index (χ0) is 24.0. The number of nitro benzene ring substituents is 1. The third-order valence-corrected chi connectivity index (χ3v) is 5.37. The molecule has 0 saturated heterocycles. The highest BCUT2D eigenvalue weighted by Gasteiger charge is 2.38. The second-order valence-electron chi connectivity index (χ2n) is 7.68. The largest absolute Gasteiger partial charge is 0.309 e. The molecule has 168 valence electrons. The molecular formula is C23H16N6O5. The van der Waals surface area contributed by atoms with Gasteiger partial charge in [-0.1, -0.05) is 18.2 Å². The Kier molecular flexibility index (Phi) is 4.86. The van der Waals surface area contributed by atoms with Gasteiger partial charge < -0.3 is 5.32 Å². The molecule has 11 nitrogen and oxygen atoms in total. The molecule has 2 aromatic carbocycles. The van der Waals surface area contributed by atoms with E-state index in [-0.39, 0.29) is 16.8 Å². The summed E-state index contributed by atoms with van der Waals surface area (Å²) in [7, 11) is 0. The molecule has 0 bridgehead atoms. The van der Waals surface area contributed by atoms with E-state index in [0.29, 0.717) is 17.3 Å². The minimum Gasteiger partial charge on any atom is -0.309 e. The van der Waals surface area contributed by atoms with Gasteiger partial charge in [-0.25, -0.2) is 4.98 Å². The third kappa shape index (κ3) is 3.54. The summed E-state index contributed by atoms with van der Waals surface area (Å²) in [6.07, 6.45) is 0. The molecule has 0 fully saturated rings. The van der Waals surface area contributed by atoms with Crippen LogP contribution < -0.4 is 5.32 Å². The highest BCUT2D eigenvalue weighted by atomic mass is 16.6. The molecule has 11 heteroatoms. The summed E-state index contributed by atoms with van der Waals surface area (Å²) in [5.41, 5.74) is 0.982. The maximum Gasteiger partial charge on any atom is 0.270 e. The van der Waals surface area contributed by atoms with E-state index in [2.05, 4.69) is 15.4 Å². The normalized spacial score (nSPS) is 12.8. The summed E-state index contributed by atoms with van der Waals surface area (Å²) in [5.74, 6) is -1.29. The van der Waals surface area contributed by atoms with E-state index in [1.54, 1.807) is 19.1 Å². The van der Waals surface area contributed by atoms with Gasteiger partial charge in [-0.05, 0) is 31.2 Å². The monoisotopic (exact) mass is 456 g/mol. The van der Waals surface area contributed by atoms with Gasteiger partial charge in [0.1, 0.15) is 12.4 Å². The summed E-state index contributed by atoms with van der Waals surface area (Å²) in [5, 5.41) is 19.0. The molecule has 5 rings (SSSR count). The van der Waals surface area contributed by atoms with Crippen molar-refractivity contribution in [3.8, 4) is 5.82 Å². The number of imide groups is 1. The standard InChI is InChI=1S/C23H16N6O5/c1-13-10-20(28(26-13)19-9-6-14-4-2-3-5-18(14)24-19)25-21(30)12-27-22(31)16-8-7-15(29(33)34)11-17(16)23(27)32/h2-11H,12H2,1H3,(H,25,30). The van der Waals surface area contributed by atoms with Crippen molar-refractivity contribution >= 4 is 40.1 Å². The van der Waals surface area contributed by atoms with Gasteiger partial charge in [0.25, 0.3) is 17.5 Å². The molecule has 3 heterocycles. The van der Waals surface area contributed by atoms with Crippen LogP contribution in [0, 0.1) is 17.0 Å². The zero-order valence-electron chi connectivity index (χ0n) is 17.8. The number of hydrogen-bond acceptors (Lipinski definition) is 7. The van der Waals surface area contributed by atoms with Crippen molar-refractivity contribution in [1.29, 1.82) is 0 Å². The molecule has 1 aliphatic rings. The van der Waals surface area contributed by atoms with E-state index in [1.807, 2.05) is 30.3 Å². The van der Waals surface area contributed by atoms with Gasteiger partial charge in [0.15, 0.2) is 5.82 Å². The van der Waals surface area contributed by atoms with E-state index in [9.17, 15) is 24.5 Å². The molecule has 0 radical (unpaired) electrons. The molecule has 1 aliphatic heterocycles. The number of nitrogens with zero attached hydrogens (tertiary/aromatic N) is 5. The van der Waals surface area contributed by atoms with Crippen LogP contribution in [-0.2, 0) is 4.79 Å². The van der Waals surface area contributed by atoms with Gasteiger partial charge in [-0.2, -0.15) is 9.78 Å². The molecule has 2 aromatic heterocycles. The van der Waals surface area contributed by atoms with Crippen LogP contribution in [0.25, 0.3) is 16.7 Å². The van der Waals surface area contributed by atoms with Crippen molar-refractivity contribution < 1.29 is 19.3 Å². The first-order valence-electron chi connectivity index (χ1n) is 10.2. The number of amides is 3. The van der Waals surface area contributed by atoms with Crippen LogP contribution in [0.15, 0.2) is 60.7 Å². The van der Waals surface area contributed by atoms with E-state index in [4.69, 9.17) is 0 Å². The summed E-state index contributed by atoms with van der Waals surface area (Å²) in [4.78, 5) is 53.7. The van der Waals surface area contributed by atoms with Crippen molar-refractivity contribution in [2.24, 2.45) is 0 Å². The number of rotatable bonds is 5. The topological polar surface area (TPSA) is 140 Å². The predicted molar refractivity (Wildman–Crippen MR) is 121 cm³/mol. The number of para-hydroxylation sites is 1. The van der Waals surface area contributed by atoms with Crippen LogP contribution in [0.4, 0.5) is 11.5 Å². The van der Waals surface area contributed by atoms with Gasteiger partial charge in [-0.3, -0.25) is 29.4 Å². The first-order valence-corrected chi connectivity index (χ1v) is 10.2. The minimum absolute atomic E-state index is 0.0182. The van der Waals surface area contributed by atoms with E-state index >= 15 is 0 Å². The maximum atomic E-state index is 12.8. The molecule has 0 atom stereocenters. The Hall–Kier alpha value is -4.93. The second-order valence-corrected chi connectivity index (χ2v) is 7.68. The smallest absolute Gasteiger partial charge is 0.270 e. The Bertz CT molecular complexity index is 1530. The SMILES string of the molecule is Cc1cc(NC(=O)CN2C(=O)c3ccc([N+](=O)[O-])cc3C2=O)n(-c2ccc3ccccc3n2)n1. The lowest BCUT2D eigenvalue weighted by Crippen LogP contribution is -2.37. The van der Waals surface area contributed by atoms with Crippen LogP contribution in [0.1, 0.15) is 26.4 Å². The number of pyridine rings is 1. The number of hydrogen-bond donors (Lipinski definition) is 1. The van der Waals surface area contributed by atoms with Crippen LogP contribution in [0.5, 0.6) is 0 Å². The van der Waals surface area contributed by atoms with Crippen molar-refractivity contribution in [1.82, 2.24) is 19.7 Å². The lowest BCUT2D eigenvalue weighted by atomic mass is 10.1. The van der Waals surface area contributed by atoms with Crippen LogP contribution in [-0.4, -0.2) is 48.9 Å². The lowest BCUT2D eigenvalue weighted by molar-refractivity contribution is -0.384. The predicted octanol–water partition coefficient (Wildman–Crippen LogP) is 2.87. The Morgan fingerprint density at radius 3 is 2.59 bits per heavy atom.